The first kappa shape index (κ1) is 18.8. The summed E-state index contributed by atoms with van der Waals surface area (Å²) in [7, 11) is 0. The molecular weight excluding hydrogens is 378 g/mol. The third-order valence-electron chi connectivity index (χ3n) is 5.85. The molecule has 0 saturated carbocycles. The SMILES string of the molecule is Cc1nc2ncnn2c(N2CCN(c3ccc4nc(C(C)(C)C)cn4n3)CC2)c1C. The third kappa shape index (κ3) is 3.05. The average Bonchev–Trinajstić information content (AvgIpc) is 3.35. The van der Waals surface area contributed by atoms with E-state index in [1.807, 2.05) is 22.2 Å². The van der Waals surface area contributed by atoms with Crippen LogP contribution in [0.3, 0.4) is 0 Å². The summed E-state index contributed by atoms with van der Waals surface area (Å²) in [6, 6.07) is 4.13. The van der Waals surface area contributed by atoms with Crippen molar-refractivity contribution in [3.05, 3.63) is 41.6 Å². The first-order valence-electron chi connectivity index (χ1n) is 10.3. The standard InChI is InChI=1S/C21H27N9/c1-14-15(2)24-20-22-13-23-30(20)19(14)28-10-8-27(9-11-28)18-7-6-17-25-16(21(3,4)5)12-29(17)26-18/h6-7,12-13H,8-11H2,1-5H3. The average molecular weight is 406 g/mol. The lowest BCUT2D eigenvalue weighted by Crippen LogP contribution is -2.47. The van der Waals surface area contributed by atoms with Crippen LogP contribution in [0.4, 0.5) is 11.6 Å². The monoisotopic (exact) mass is 405 g/mol. The van der Waals surface area contributed by atoms with Gasteiger partial charge in [-0.25, -0.2) is 14.5 Å². The van der Waals surface area contributed by atoms with E-state index in [2.05, 4.69) is 64.7 Å². The number of hydrogen-bond acceptors (Lipinski definition) is 7. The highest BCUT2D eigenvalue weighted by atomic mass is 15.4. The maximum atomic E-state index is 4.83. The van der Waals surface area contributed by atoms with Gasteiger partial charge in [0.1, 0.15) is 18.0 Å². The summed E-state index contributed by atoms with van der Waals surface area (Å²) in [5.74, 6) is 2.72. The molecule has 30 heavy (non-hydrogen) atoms. The molecule has 0 unspecified atom stereocenters. The van der Waals surface area contributed by atoms with Crippen molar-refractivity contribution in [2.75, 3.05) is 36.0 Å². The summed E-state index contributed by atoms with van der Waals surface area (Å²) >= 11 is 0. The Labute approximate surface area is 175 Å². The molecule has 4 aromatic rings. The van der Waals surface area contributed by atoms with Crippen molar-refractivity contribution in [1.82, 2.24) is 34.2 Å². The quantitative estimate of drug-likeness (QED) is 0.507. The van der Waals surface area contributed by atoms with E-state index in [0.717, 1.165) is 60.4 Å². The molecule has 0 N–H and O–H groups in total. The molecule has 0 aliphatic carbocycles. The number of hydrogen-bond donors (Lipinski definition) is 0. The Balaban J connectivity index is 1.39. The lowest BCUT2D eigenvalue weighted by atomic mass is 9.93. The summed E-state index contributed by atoms with van der Waals surface area (Å²) in [5, 5.41) is 9.22. The van der Waals surface area contributed by atoms with Crippen molar-refractivity contribution < 1.29 is 0 Å². The normalized spacial score (nSPS) is 15.5. The Kier molecular flexibility index (Phi) is 4.16. The Hall–Kier alpha value is -3.23. The molecule has 9 nitrogen and oxygen atoms in total. The van der Waals surface area contributed by atoms with Gasteiger partial charge in [0.05, 0.1) is 11.9 Å². The van der Waals surface area contributed by atoms with Crippen molar-refractivity contribution in [2.24, 2.45) is 0 Å². The molecule has 0 aromatic carbocycles. The van der Waals surface area contributed by atoms with Crippen LogP contribution in [0.15, 0.2) is 24.7 Å². The number of rotatable bonds is 2. The summed E-state index contributed by atoms with van der Waals surface area (Å²) in [5.41, 5.74) is 4.09. The van der Waals surface area contributed by atoms with E-state index in [4.69, 9.17) is 10.1 Å². The lowest BCUT2D eigenvalue weighted by Gasteiger charge is -2.37. The molecule has 0 amide bonds. The van der Waals surface area contributed by atoms with Crippen LogP contribution >= 0.6 is 0 Å². The number of imidazole rings is 1. The zero-order chi connectivity index (χ0) is 21.0. The van der Waals surface area contributed by atoms with Gasteiger partial charge < -0.3 is 9.80 Å². The summed E-state index contributed by atoms with van der Waals surface area (Å²) in [4.78, 5) is 18.2. The summed E-state index contributed by atoms with van der Waals surface area (Å²) in [6.07, 6.45) is 3.61. The number of piperazine rings is 1. The molecule has 1 aliphatic rings. The van der Waals surface area contributed by atoms with Gasteiger partial charge in [-0.3, -0.25) is 0 Å². The second-order valence-electron chi connectivity index (χ2n) is 8.96. The topological polar surface area (TPSA) is 79.8 Å². The largest absolute Gasteiger partial charge is 0.353 e. The first-order chi connectivity index (χ1) is 14.3. The van der Waals surface area contributed by atoms with Gasteiger partial charge in [-0.15, -0.1) is 5.10 Å². The van der Waals surface area contributed by atoms with E-state index in [-0.39, 0.29) is 5.41 Å². The highest BCUT2D eigenvalue weighted by molar-refractivity contribution is 5.55. The number of anilines is 2. The minimum atomic E-state index is 0.00666. The van der Waals surface area contributed by atoms with Crippen molar-refractivity contribution in [2.45, 2.75) is 40.0 Å². The smallest absolute Gasteiger partial charge is 0.254 e. The molecule has 0 atom stereocenters. The van der Waals surface area contributed by atoms with Crippen LogP contribution in [0, 0.1) is 13.8 Å². The fraction of sp³-hybridized carbons (Fsp3) is 0.476. The molecule has 1 aliphatic heterocycles. The van der Waals surface area contributed by atoms with E-state index in [0.29, 0.717) is 5.78 Å². The van der Waals surface area contributed by atoms with Gasteiger partial charge in [-0.05, 0) is 26.0 Å². The maximum Gasteiger partial charge on any atom is 0.254 e. The Morgan fingerprint density at radius 3 is 2.40 bits per heavy atom. The predicted molar refractivity (Wildman–Crippen MR) is 116 cm³/mol. The number of fused-ring (bicyclic) bond motifs is 2. The third-order valence-corrected chi connectivity index (χ3v) is 5.85. The fourth-order valence-electron chi connectivity index (χ4n) is 3.94. The van der Waals surface area contributed by atoms with E-state index >= 15 is 0 Å². The zero-order valence-corrected chi connectivity index (χ0v) is 18.2. The Bertz CT molecular complexity index is 1220. The predicted octanol–water partition coefficient (Wildman–Crippen LogP) is 2.41. The maximum absolute atomic E-state index is 4.83. The van der Waals surface area contributed by atoms with Crippen LogP contribution in [-0.2, 0) is 5.41 Å². The highest BCUT2D eigenvalue weighted by Crippen LogP contribution is 2.25. The first-order valence-corrected chi connectivity index (χ1v) is 10.3. The van der Waals surface area contributed by atoms with Crippen LogP contribution < -0.4 is 9.80 Å². The van der Waals surface area contributed by atoms with Crippen molar-refractivity contribution >= 4 is 23.1 Å². The van der Waals surface area contributed by atoms with Crippen molar-refractivity contribution in [3.8, 4) is 0 Å². The van der Waals surface area contributed by atoms with Gasteiger partial charge in [0.15, 0.2) is 5.65 Å². The number of nitrogens with zero attached hydrogens (tertiary/aromatic N) is 9. The van der Waals surface area contributed by atoms with Crippen LogP contribution in [0.25, 0.3) is 11.4 Å². The molecule has 4 aromatic heterocycles. The van der Waals surface area contributed by atoms with Crippen molar-refractivity contribution in [3.63, 3.8) is 0 Å². The van der Waals surface area contributed by atoms with Gasteiger partial charge in [-0.1, -0.05) is 20.8 Å². The molecule has 0 bridgehead atoms. The second kappa shape index (κ2) is 6.65. The van der Waals surface area contributed by atoms with Gasteiger partial charge in [0.2, 0.25) is 0 Å². The molecule has 1 saturated heterocycles. The molecule has 9 heteroatoms. The van der Waals surface area contributed by atoms with Crippen molar-refractivity contribution in [1.29, 1.82) is 0 Å². The second-order valence-corrected chi connectivity index (χ2v) is 8.96. The Morgan fingerprint density at radius 1 is 0.933 bits per heavy atom. The molecule has 0 radical (unpaired) electrons. The minimum Gasteiger partial charge on any atom is -0.353 e. The van der Waals surface area contributed by atoms with Crippen LogP contribution in [0.1, 0.15) is 37.7 Å². The Morgan fingerprint density at radius 2 is 1.67 bits per heavy atom. The van der Waals surface area contributed by atoms with E-state index < -0.39 is 0 Å². The van der Waals surface area contributed by atoms with Gasteiger partial charge in [0.25, 0.3) is 5.78 Å². The lowest BCUT2D eigenvalue weighted by molar-refractivity contribution is 0.572. The van der Waals surface area contributed by atoms with E-state index in [1.165, 1.54) is 0 Å². The zero-order valence-electron chi connectivity index (χ0n) is 18.2. The minimum absolute atomic E-state index is 0.00666. The van der Waals surface area contributed by atoms with Gasteiger partial charge in [0, 0.05) is 42.9 Å². The molecule has 5 rings (SSSR count). The molecular formula is C21H27N9. The molecule has 0 spiro atoms. The number of aromatic nitrogens is 7. The molecule has 5 heterocycles. The number of aryl methyl sites for hydroxylation is 1. The van der Waals surface area contributed by atoms with Gasteiger partial charge >= 0.3 is 0 Å². The van der Waals surface area contributed by atoms with E-state index in [1.54, 1.807) is 6.33 Å². The fourth-order valence-corrected chi connectivity index (χ4v) is 3.94. The van der Waals surface area contributed by atoms with E-state index in [9.17, 15) is 0 Å². The van der Waals surface area contributed by atoms with Crippen LogP contribution in [0.2, 0.25) is 0 Å². The summed E-state index contributed by atoms with van der Waals surface area (Å²) in [6.45, 7) is 14.2. The van der Waals surface area contributed by atoms with Gasteiger partial charge in [-0.2, -0.15) is 14.6 Å². The molecule has 1 fully saturated rings. The van der Waals surface area contributed by atoms with Crippen LogP contribution in [0.5, 0.6) is 0 Å². The summed E-state index contributed by atoms with van der Waals surface area (Å²) < 4.78 is 3.75. The molecule has 156 valence electrons. The van der Waals surface area contributed by atoms with Crippen LogP contribution in [-0.4, -0.2) is 60.4 Å². The highest BCUT2D eigenvalue weighted by Gasteiger charge is 2.24.